The lowest BCUT2D eigenvalue weighted by molar-refractivity contribution is 0.0544. The summed E-state index contributed by atoms with van der Waals surface area (Å²) in [5.74, 6) is -0.315. The number of nitrogens with zero attached hydrogens (tertiary/aromatic N) is 4. The van der Waals surface area contributed by atoms with Crippen LogP contribution in [0.25, 0.3) is 16.8 Å². The van der Waals surface area contributed by atoms with E-state index in [1.165, 1.54) is 0 Å². The van der Waals surface area contributed by atoms with Gasteiger partial charge in [-0.1, -0.05) is 79.1 Å². The van der Waals surface area contributed by atoms with E-state index in [-0.39, 0.29) is 24.5 Å². The molecule has 0 saturated carbocycles. The Morgan fingerprint density at radius 3 is 2.17 bits per heavy atom. The normalized spacial score (nSPS) is 14.9. The van der Waals surface area contributed by atoms with Crippen LogP contribution in [0.2, 0.25) is 0 Å². The van der Waals surface area contributed by atoms with Crippen LogP contribution >= 0.6 is 0 Å². The van der Waals surface area contributed by atoms with Crippen LogP contribution in [-0.2, 0) is 22.9 Å². The summed E-state index contributed by atoms with van der Waals surface area (Å²) in [4.78, 5) is 32.7. The summed E-state index contributed by atoms with van der Waals surface area (Å²) in [6, 6.07) is 22.8. The molecular weight excluding hydrogens is 609 g/mol. The van der Waals surface area contributed by atoms with Crippen LogP contribution in [0.5, 0.6) is 0 Å². The Morgan fingerprint density at radius 1 is 0.915 bits per heavy atom. The second-order valence-corrected chi connectivity index (χ2v) is 16.2. The van der Waals surface area contributed by atoms with Gasteiger partial charge in [0.15, 0.2) is 5.69 Å². The molecule has 1 aliphatic heterocycles. The highest BCUT2D eigenvalue weighted by atomic mass is 32.2. The number of amides is 2. The third kappa shape index (κ3) is 7.57. The Kier molecular flexibility index (Phi) is 10.8. The minimum absolute atomic E-state index is 0.101. The van der Waals surface area contributed by atoms with Gasteiger partial charge >= 0.3 is 0 Å². The SMILES string of the molecule is CCCCN(CCCC)C(=O)c1cc(C)n(-c2ccc(-c3ccc([SH](C)(C)=O)cc3)cc2C(=O)N2Cc3ccccc3C[C@H]2CO)n1. The predicted octanol–water partition coefficient (Wildman–Crippen LogP) is 6.08. The van der Waals surface area contributed by atoms with Crippen molar-refractivity contribution in [3.05, 3.63) is 101 Å². The first-order chi connectivity index (χ1) is 22.5. The molecule has 2 heterocycles. The zero-order chi connectivity index (χ0) is 33.7. The van der Waals surface area contributed by atoms with Crippen LogP contribution in [0.3, 0.4) is 0 Å². The number of carbonyl (C=O) groups is 2. The number of benzene rings is 3. The van der Waals surface area contributed by atoms with Crippen LogP contribution in [0.4, 0.5) is 0 Å². The molecule has 3 aromatic carbocycles. The molecule has 47 heavy (non-hydrogen) atoms. The van der Waals surface area contributed by atoms with Crippen molar-refractivity contribution in [2.45, 2.75) is 70.4 Å². The number of carbonyl (C=O) groups excluding carboxylic acids is 2. The number of unbranched alkanes of at least 4 members (excludes halogenated alkanes) is 2. The summed E-state index contributed by atoms with van der Waals surface area (Å²) in [6.45, 7) is 7.72. The van der Waals surface area contributed by atoms with E-state index >= 15 is 0 Å². The maximum Gasteiger partial charge on any atom is 0.274 e. The monoisotopic (exact) mass is 656 g/mol. The van der Waals surface area contributed by atoms with Gasteiger partial charge in [0, 0.05) is 30.2 Å². The molecule has 0 saturated heterocycles. The summed E-state index contributed by atoms with van der Waals surface area (Å²) >= 11 is 0. The number of rotatable bonds is 12. The Labute approximate surface area is 279 Å². The molecule has 1 aromatic heterocycles. The van der Waals surface area contributed by atoms with E-state index in [0.29, 0.717) is 43.0 Å². The van der Waals surface area contributed by atoms with Crippen molar-refractivity contribution >= 4 is 21.7 Å². The van der Waals surface area contributed by atoms with E-state index in [4.69, 9.17) is 5.10 Å². The van der Waals surface area contributed by atoms with Crippen LogP contribution in [0, 0.1) is 6.92 Å². The maximum atomic E-state index is 14.6. The number of hydrogen-bond acceptors (Lipinski definition) is 5. The van der Waals surface area contributed by atoms with Crippen molar-refractivity contribution in [3.8, 4) is 16.8 Å². The smallest absolute Gasteiger partial charge is 0.274 e. The van der Waals surface area contributed by atoms with E-state index in [0.717, 1.165) is 58.5 Å². The molecule has 0 radical (unpaired) electrons. The molecule has 4 aromatic rings. The summed E-state index contributed by atoms with van der Waals surface area (Å²) in [6.07, 6.45) is 7.91. The number of thiol groups is 1. The Morgan fingerprint density at radius 2 is 1.55 bits per heavy atom. The second kappa shape index (κ2) is 14.8. The largest absolute Gasteiger partial charge is 0.394 e. The minimum Gasteiger partial charge on any atom is -0.394 e. The number of hydrogen-bond donors (Lipinski definition) is 2. The van der Waals surface area contributed by atoms with Crippen molar-refractivity contribution in [2.75, 3.05) is 32.2 Å². The zero-order valence-corrected chi connectivity index (χ0v) is 29.2. The lowest BCUT2D eigenvalue weighted by Crippen LogP contribution is -2.46. The van der Waals surface area contributed by atoms with Crippen LogP contribution in [-0.4, -0.2) is 79.0 Å². The molecule has 250 valence electrons. The fourth-order valence-electron chi connectivity index (χ4n) is 6.23. The van der Waals surface area contributed by atoms with Gasteiger partial charge in [-0.25, -0.2) is 4.68 Å². The number of aliphatic hydroxyl groups excluding tert-OH is 1. The van der Waals surface area contributed by atoms with E-state index < -0.39 is 9.93 Å². The van der Waals surface area contributed by atoms with Gasteiger partial charge in [-0.2, -0.15) is 5.10 Å². The molecule has 0 aliphatic carbocycles. The predicted molar refractivity (Wildman–Crippen MR) is 190 cm³/mol. The van der Waals surface area contributed by atoms with E-state index in [1.54, 1.807) is 28.2 Å². The second-order valence-electron chi connectivity index (χ2n) is 13.0. The van der Waals surface area contributed by atoms with E-state index in [9.17, 15) is 18.9 Å². The highest BCUT2D eigenvalue weighted by molar-refractivity contribution is 8.01. The Bertz CT molecular complexity index is 1770. The summed E-state index contributed by atoms with van der Waals surface area (Å²) in [5.41, 5.74) is 6.02. The van der Waals surface area contributed by atoms with Gasteiger partial charge < -0.3 is 14.9 Å². The first kappa shape index (κ1) is 34.3. The van der Waals surface area contributed by atoms with Crippen LogP contribution in [0.1, 0.15) is 77.2 Å². The number of aryl methyl sites for hydroxylation is 1. The molecule has 1 atom stereocenters. The van der Waals surface area contributed by atoms with Gasteiger partial charge in [-0.15, -0.1) is 0 Å². The highest BCUT2D eigenvalue weighted by Crippen LogP contribution is 2.31. The topological polar surface area (TPSA) is 95.7 Å². The Hall–Kier alpha value is -4.08. The lowest BCUT2D eigenvalue weighted by atomic mass is 9.93. The zero-order valence-electron chi connectivity index (χ0n) is 28.3. The van der Waals surface area contributed by atoms with Crippen LogP contribution < -0.4 is 0 Å². The summed E-state index contributed by atoms with van der Waals surface area (Å²) in [7, 11) is -2.42. The average Bonchev–Trinajstić information content (AvgIpc) is 3.47. The highest BCUT2D eigenvalue weighted by Gasteiger charge is 2.32. The number of fused-ring (bicyclic) bond motifs is 1. The first-order valence-electron chi connectivity index (χ1n) is 16.7. The van der Waals surface area contributed by atoms with Crippen molar-refractivity contribution in [1.82, 2.24) is 19.6 Å². The Balaban J connectivity index is 1.58. The molecule has 0 spiro atoms. The molecule has 0 fully saturated rings. The third-order valence-electron chi connectivity index (χ3n) is 9.06. The molecule has 1 N–H and O–H groups in total. The first-order valence-corrected chi connectivity index (χ1v) is 19.3. The van der Waals surface area contributed by atoms with Gasteiger partial charge in [0.05, 0.1) is 23.9 Å². The molecule has 1 aliphatic rings. The summed E-state index contributed by atoms with van der Waals surface area (Å²) in [5, 5.41) is 15.2. The quantitative estimate of drug-likeness (QED) is 0.180. The van der Waals surface area contributed by atoms with Crippen LogP contribution in [0.15, 0.2) is 77.7 Å². The van der Waals surface area contributed by atoms with Crippen molar-refractivity contribution < 1.29 is 18.9 Å². The average molecular weight is 657 g/mol. The molecule has 9 heteroatoms. The molecule has 5 rings (SSSR count). The third-order valence-corrected chi connectivity index (χ3v) is 10.6. The lowest BCUT2D eigenvalue weighted by Gasteiger charge is -2.36. The fraction of sp³-hybridized carbons (Fsp3) is 0.395. The molecule has 0 unspecified atom stereocenters. The number of aromatic nitrogens is 2. The number of aliphatic hydroxyl groups is 1. The van der Waals surface area contributed by atoms with Crippen molar-refractivity contribution in [3.63, 3.8) is 0 Å². The molecule has 8 nitrogen and oxygen atoms in total. The fourth-order valence-corrected chi connectivity index (χ4v) is 7.09. The van der Waals surface area contributed by atoms with E-state index in [1.807, 2.05) is 72.5 Å². The molecule has 0 bridgehead atoms. The van der Waals surface area contributed by atoms with Gasteiger partial charge in [-0.05, 0) is 91.3 Å². The van der Waals surface area contributed by atoms with Gasteiger partial charge in [0.2, 0.25) is 0 Å². The molecular formula is C38H48N4O4S. The van der Waals surface area contributed by atoms with E-state index in [2.05, 4.69) is 19.9 Å². The minimum atomic E-state index is -2.42. The maximum absolute atomic E-state index is 14.6. The molecule has 2 amide bonds. The van der Waals surface area contributed by atoms with Crippen molar-refractivity contribution in [2.24, 2.45) is 0 Å². The summed E-state index contributed by atoms with van der Waals surface area (Å²) < 4.78 is 14.3. The standard InChI is InChI=1S/C38H48N4O4S/c1-6-8-20-40(21-9-7-2)38(45)35-22-27(3)42(39-35)36-19-16-30(28-14-17-33(18-15-28)47(4,5)46)24-34(36)37(44)41-25-31-13-11-10-12-29(31)23-32(41)26-43/h10-19,22,24,32,43,47H,6-9,20-21,23,25-26H2,1-5H3/t32-/m0/s1. The van der Waals surface area contributed by atoms with Gasteiger partial charge in [0.25, 0.3) is 11.8 Å². The van der Waals surface area contributed by atoms with Gasteiger partial charge in [0.1, 0.15) is 0 Å². The van der Waals surface area contributed by atoms with Gasteiger partial charge in [-0.3, -0.25) is 13.8 Å². The van der Waals surface area contributed by atoms with Crippen molar-refractivity contribution in [1.29, 1.82) is 0 Å².